The van der Waals surface area contributed by atoms with E-state index in [9.17, 15) is 19.7 Å². The van der Waals surface area contributed by atoms with Gasteiger partial charge in [-0.3, -0.25) is 19.6 Å². The highest BCUT2D eigenvalue weighted by Gasteiger charge is 2.15. The number of non-ortho nitro benzene ring substituents is 1. The zero-order valence-electron chi connectivity index (χ0n) is 12.9. The van der Waals surface area contributed by atoms with Gasteiger partial charge in [-0.15, -0.1) is 0 Å². The lowest BCUT2D eigenvalue weighted by Gasteiger charge is -2.05. The van der Waals surface area contributed by atoms with Gasteiger partial charge in [0.15, 0.2) is 0 Å². The maximum Gasteiger partial charge on any atom is 0.338 e. The van der Waals surface area contributed by atoms with Gasteiger partial charge in [-0.2, -0.15) is 5.10 Å². The number of aromatic nitrogens is 2. The van der Waals surface area contributed by atoms with E-state index in [1.54, 1.807) is 30.2 Å². The molecule has 0 fully saturated rings. The lowest BCUT2D eigenvalue weighted by atomic mass is 10.1. The van der Waals surface area contributed by atoms with Crippen molar-refractivity contribution < 1.29 is 19.2 Å². The summed E-state index contributed by atoms with van der Waals surface area (Å²) in [6.45, 7) is 0. The first-order valence-corrected chi connectivity index (χ1v) is 6.74. The summed E-state index contributed by atoms with van der Waals surface area (Å²) in [6.07, 6.45) is 6.09. The molecule has 0 bridgehead atoms. The van der Waals surface area contributed by atoms with Crippen LogP contribution in [0.3, 0.4) is 0 Å². The Kier molecular flexibility index (Phi) is 5.05. The minimum atomic E-state index is -0.736. The van der Waals surface area contributed by atoms with Crippen LogP contribution in [0.2, 0.25) is 0 Å². The number of nitrogens with zero attached hydrogens (tertiary/aromatic N) is 3. The van der Waals surface area contributed by atoms with Crippen LogP contribution in [-0.2, 0) is 16.6 Å². The zero-order valence-corrected chi connectivity index (χ0v) is 12.9. The number of carbonyl (C=O) groups excluding carboxylic acids is 2. The number of aryl methyl sites for hydroxylation is 1. The molecule has 0 spiro atoms. The van der Waals surface area contributed by atoms with Gasteiger partial charge in [-0.05, 0) is 12.1 Å². The largest absolute Gasteiger partial charge is 0.465 e. The molecule has 124 valence electrons. The number of nitro groups is 1. The number of esters is 1. The molecule has 2 aromatic rings. The van der Waals surface area contributed by atoms with E-state index < -0.39 is 16.8 Å². The third-order valence-corrected chi connectivity index (χ3v) is 2.97. The van der Waals surface area contributed by atoms with E-state index in [1.807, 2.05) is 0 Å². The number of amides is 1. The Bertz CT molecular complexity index is 825. The number of benzene rings is 1. The van der Waals surface area contributed by atoms with E-state index in [0.717, 1.165) is 24.8 Å². The van der Waals surface area contributed by atoms with Crippen molar-refractivity contribution in [3.8, 4) is 0 Å². The molecule has 0 unspecified atom stereocenters. The Morgan fingerprint density at radius 2 is 2.12 bits per heavy atom. The molecule has 1 aromatic heterocycles. The van der Waals surface area contributed by atoms with Crippen LogP contribution in [0.5, 0.6) is 0 Å². The average molecular weight is 330 g/mol. The number of anilines is 1. The molecule has 1 aromatic carbocycles. The third kappa shape index (κ3) is 4.26. The van der Waals surface area contributed by atoms with Crippen LogP contribution in [0.1, 0.15) is 15.9 Å². The Hall–Kier alpha value is -3.49. The van der Waals surface area contributed by atoms with E-state index in [2.05, 4.69) is 15.2 Å². The van der Waals surface area contributed by atoms with Crippen molar-refractivity contribution in [1.29, 1.82) is 0 Å². The molecule has 9 heteroatoms. The molecule has 24 heavy (non-hydrogen) atoms. The van der Waals surface area contributed by atoms with Gasteiger partial charge < -0.3 is 10.1 Å². The van der Waals surface area contributed by atoms with Crippen LogP contribution in [0, 0.1) is 10.1 Å². The van der Waals surface area contributed by atoms with Gasteiger partial charge in [0, 0.05) is 42.7 Å². The number of methoxy groups -OCH3 is 1. The van der Waals surface area contributed by atoms with E-state index in [1.165, 1.54) is 12.1 Å². The number of nitro benzene ring substituents is 1. The first-order valence-electron chi connectivity index (χ1n) is 6.74. The van der Waals surface area contributed by atoms with Crippen LogP contribution < -0.4 is 5.32 Å². The van der Waals surface area contributed by atoms with E-state index in [4.69, 9.17) is 0 Å². The van der Waals surface area contributed by atoms with Gasteiger partial charge in [0.25, 0.3) is 5.69 Å². The summed E-state index contributed by atoms with van der Waals surface area (Å²) in [7, 11) is 2.91. The van der Waals surface area contributed by atoms with Crippen LogP contribution >= 0.6 is 0 Å². The second kappa shape index (κ2) is 7.18. The molecule has 0 atom stereocenters. The average Bonchev–Trinajstić information content (AvgIpc) is 2.97. The number of rotatable bonds is 5. The fraction of sp³-hybridized carbons (Fsp3) is 0.133. The van der Waals surface area contributed by atoms with Crippen LogP contribution in [-0.4, -0.2) is 33.7 Å². The predicted molar refractivity (Wildman–Crippen MR) is 85.3 cm³/mol. The van der Waals surface area contributed by atoms with Crippen molar-refractivity contribution in [3.05, 3.63) is 57.9 Å². The topological polar surface area (TPSA) is 116 Å². The molecule has 0 aliphatic carbocycles. The molecule has 1 amide bonds. The Morgan fingerprint density at radius 1 is 1.38 bits per heavy atom. The smallest absolute Gasteiger partial charge is 0.338 e. The Labute approximate surface area is 136 Å². The molecule has 0 saturated carbocycles. The lowest BCUT2D eigenvalue weighted by Crippen LogP contribution is -2.10. The standard InChI is InChI=1S/C15H14N4O5/c1-18-9-10(8-16-18)3-4-14(20)17-12-5-11(15(21)24-2)6-13(7-12)19(22)23/h3-9H,1-2H3,(H,17,20)/b4-3+. The van der Waals surface area contributed by atoms with Crippen LogP contribution in [0.25, 0.3) is 6.08 Å². The minimum absolute atomic E-state index is 0.0294. The highest BCUT2D eigenvalue weighted by atomic mass is 16.6. The highest BCUT2D eigenvalue weighted by Crippen LogP contribution is 2.21. The molecule has 2 rings (SSSR count). The maximum absolute atomic E-state index is 11.9. The predicted octanol–water partition coefficient (Wildman–Crippen LogP) is 1.77. The summed E-state index contributed by atoms with van der Waals surface area (Å²) >= 11 is 0. The van der Waals surface area contributed by atoms with E-state index >= 15 is 0 Å². The summed E-state index contributed by atoms with van der Waals surface area (Å²) in [5.74, 6) is -1.24. The zero-order chi connectivity index (χ0) is 17.7. The highest BCUT2D eigenvalue weighted by molar-refractivity contribution is 6.03. The molecule has 0 aliphatic rings. The minimum Gasteiger partial charge on any atom is -0.465 e. The molecule has 0 radical (unpaired) electrons. The summed E-state index contributed by atoms with van der Waals surface area (Å²) in [5.41, 5.74) is 0.482. The van der Waals surface area contributed by atoms with Gasteiger partial charge in [0.05, 0.1) is 23.8 Å². The fourth-order valence-electron chi connectivity index (χ4n) is 1.91. The molecule has 0 saturated heterocycles. The van der Waals surface area contributed by atoms with Crippen molar-refractivity contribution in [1.82, 2.24) is 9.78 Å². The van der Waals surface area contributed by atoms with Gasteiger partial charge in [0.2, 0.25) is 5.91 Å². The van der Waals surface area contributed by atoms with Crippen molar-refractivity contribution in [2.24, 2.45) is 7.05 Å². The third-order valence-electron chi connectivity index (χ3n) is 2.97. The summed E-state index contributed by atoms with van der Waals surface area (Å²) in [4.78, 5) is 33.7. The number of hydrogen-bond donors (Lipinski definition) is 1. The van der Waals surface area contributed by atoms with Crippen molar-refractivity contribution in [2.45, 2.75) is 0 Å². The number of hydrogen-bond acceptors (Lipinski definition) is 6. The first-order chi connectivity index (χ1) is 11.4. The van der Waals surface area contributed by atoms with Crippen molar-refractivity contribution in [3.63, 3.8) is 0 Å². The number of ether oxygens (including phenoxy) is 1. The number of nitrogens with one attached hydrogen (secondary N) is 1. The Balaban J connectivity index is 2.19. The molecule has 0 aliphatic heterocycles. The monoisotopic (exact) mass is 330 g/mol. The van der Waals surface area contributed by atoms with E-state index in [0.29, 0.717) is 0 Å². The van der Waals surface area contributed by atoms with Crippen LogP contribution in [0.15, 0.2) is 36.7 Å². The molecular weight excluding hydrogens is 316 g/mol. The summed E-state index contributed by atoms with van der Waals surface area (Å²) in [6, 6.07) is 3.53. The van der Waals surface area contributed by atoms with Gasteiger partial charge in [-0.1, -0.05) is 0 Å². The molecular formula is C15H14N4O5. The summed E-state index contributed by atoms with van der Waals surface area (Å²) in [5, 5.41) is 17.4. The van der Waals surface area contributed by atoms with Gasteiger partial charge >= 0.3 is 5.97 Å². The quantitative estimate of drug-likeness (QED) is 0.386. The normalized spacial score (nSPS) is 10.6. The molecule has 9 nitrogen and oxygen atoms in total. The Morgan fingerprint density at radius 3 is 2.71 bits per heavy atom. The SMILES string of the molecule is COC(=O)c1cc(NC(=O)/C=C/c2cnn(C)c2)cc([N+](=O)[O-])c1. The maximum atomic E-state index is 11.9. The second-order valence-electron chi connectivity index (χ2n) is 4.79. The van der Waals surface area contributed by atoms with Crippen LogP contribution in [0.4, 0.5) is 11.4 Å². The van der Waals surface area contributed by atoms with Crippen molar-refractivity contribution >= 4 is 29.3 Å². The fourth-order valence-corrected chi connectivity index (χ4v) is 1.91. The van der Waals surface area contributed by atoms with Gasteiger partial charge in [0.1, 0.15) is 0 Å². The second-order valence-corrected chi connectivity index (χ2v) is 4.79. The molecule has 1 heterocycles. The van der Waals surface area contributed by atoms with Gasteiger partial charge in [-0.25, -0.2) is 4.79 Å². The van der Waals surface area contributed by atoms with Crippen molar-refractivity contribution in [2.75, 3.05) is 12.4 Å². The van der Waals surface area contributed by atoms with E-state index in [-0.39, 0.29) is 16.9 Å². The summed E-state index contributed by atoms with van der Waals surface area (Å²) < 4.78 is 6.13. The lowest BCUT2D eigenvalue weighted by molar-refractivity contribution is -0.384. The first kappa shape index (κ1) is 16.9. The number of carbonyl (C=O) groups is 2. The molecule has 1 N–H and O–H groups in total.